The molecule has 0 amide bonds. The number of hydrogen-bond donors (Lipinski definition) is 1. The van der Waals surface area contributed by atoms with E-state index in [-0.39, 0.29) is 6.61 Å². The van der Waals surface area contributed by atoms with E-state index in [0.29, 0.717) is 24.2 Å². The van der Waals surface area contributed by atoms with Gasteiger partial charge < -0.3 is 10.00 Å². The molecule has 0 saturated carbocycles. The van der Waals surface area contributed by atoms with Gasteiger partial charge in [-0.25, -0.2) is 9.05 Å². The summed E-state index contributed by atoms with van der Waals surface area (Å²) in [5.41, 5.74) is -0.657. The van der Waals surface area contributed by atoms with Crippen LogP contribution in [-0.2, 0) is 14.6 Å². The van der Waals surface area contributed by atoms with Gasteiger partial charge in [0, 0.05) is 0 Å². The number of rotatable bonds is 5. The Kier molecular flexibility index (Phi) is 5.33. The molecule has 1 aliphatic heterocycles. The lowest BCUT2D eigenvalue weighted by Crippen LogP contribution is -2.47. The highest BCUT2D eigenvalue weighted by Crippen LogP contribution is 2.66. The Hall–Kier alpha value is -1.29. The zero-order valence-electron chi connectivity index (χ0n) is 13.8. The summed E-state index contributed by atoms with van der Waals surface area (Å²) in [5.74, 6) is 0. The lowest BCUT2D eigenvalue weighted by molar-refractivity contribution is -0.229. The Morgan fingerprint density at radius 2 is 1.67 bits per heavy atom. The Balaban J connectivity index is 2.14. The number of aliphatic hydroxyl groups is 1. The van der Waals surface area contributed by atoms with Crippen LogP contribution in [0.3, 0.4) is 0 Å². The molecule has 4 nitrogen and oxygen atoms in total. The highest BCUT2D eigenvalue weighted by atomic mass is 31.2. The first kappa shape index (κ1) is 17.5. The summed E-state index contributed by atoms with van der Waals surface area (Å²) in [4.78, 5) is 13.4. The van der Waals surface area contributed by atoms with Crippen LogP contribution in [0.2, 0.25) is 0 Å². The molecule has 1 saturated heterocycles. The minimum absolute atomic E-state index is 0.285. The Morgan fingerprint density at radius 3 is 2.17 bits per heavy atom. The van der Waals surface area contributed by atoms with E-state index < -0.39 is 19.2 Å². The summed E-state index contributed by atoms with van der Waals surface area (Å²) in [7, 11) is -3.43. The Bertz CT molecular complexity index is 605. The third-order valence-corrected chi connectivity index (χ3v) is 7.05. The van der Waals surface area contributed by atoms with Crippen molar-refractivity contribution >= 4 is 7.94 Å². The van der Waals surface area contributed by atoms with Gasteiger partial charge in [0.15, 0.2) is 11.3 Å². The molecule has 1 heterocycles. The quantitative estimate of drug-likeness (QED) is 0.844. The van der Waals surface area contributed by atoms with E-state index in [0.717, 1.165) is 6.42 Å². The van der Waals surface area contributed by atoms with Crippen LogP contribution in [-0.4, -0.2) is 24.0 Å². The average molecular weight is 346 g/mol. The van der Waals surface area contributed by atoms with Crippen molar-refractivity contribution in [2.75, 3.05) is 13.2 Å². The largest absolute Gasteiger partial charge is 0.631 e. The third kappa shape index (κ3) is 3.13. The van der Waals surface area contributed by atoms with Crippen LogP contribution in [0, 0.1) is 0 Å². The molecule has 0 spiro atoms. The van der Waals surface area contributed by atoms with Crippen molar-refractivity contribution in [1.82, 2.24) is 0 Å². The normalized spacial score (nSPS) is 24.7. The lowest BCUT2D eigenvalue weighted by atomic mass is 9.81. The zero-order chi connectivity index (χ0) is 17.0. The second-order valence-corrected chi connectivity index (χ2v) is 8.17. The maximum atomic E-state index is 13.4. The smallest absolute Gasteiger partial charge is 0.244 e. The second-order valence-electron chi connectivity index (χ2n) is 5.95. The second kappa shape index (κ2) is 7.30. The van der Waals surface area contributed by atoms with Crippen molar-refractivity contribution in [2.45, 2.75) is 31.0 Å². The van der Waals surface area contributed by atoms with Gasteiger partial charge in [0.05, 0.1) is 13.2 Å². The molecule has 128 valence electrons. The van der Waals surface area contributed by atoms with Crippen molar-refractivity contribution in [3.05, 3.63) is 71.8 Å². The molecule has 3 rings (SSSR count). The summed E-state index contributed by atoms with van der Waals surface area (Å²) >= 11 is 0. The molecule has 1 fully saturated rings. The van der Waals surface area contributed by atoms with E-state index in [1.54, 1.807) is 6.92 Å². The van der Waals surface area contributed by atoms with Gasteiger partial charge >= 0.3 is 0 Å². The molecule has 5 heteroatoms. The van der Waals surface area contributed by atoms with Gasteiger partial charge in [-0.3, -0.25) is 0 Å². The highest BCUT2D eigenvalue weighted by Gasteiger charge is 2.57. The molecule has 1 aliphatic rings. The molecule has 24 heavy (non-hydrogen) atoms. The summed E-state index contributed by atoms with van der Waals surface area (Å²) < 4.78 is 11.1. The molecular weight excluding hydrogens is 323 g/mol. The minimum atomic E-state index is -3.43. The van der Waals surface area contributed by atoms with Gasteiger partial charge in [0.2, 0.25) is 7.94 Å². The van der Waals surface area contributed by atoms with Crippen molar-refractivity contribution in [1.29, 1.82) is 0 Å². The van der Waals surface area contributed by atoms with Crippen LogP contribution < -0.4 is 4.89 Å². The number of benzene rings is 2. The summed E-state index contributed by atoms with van der Waals surface area (Å²) in [5, 5.41) is 11.8. The summed E-state index contributed by atoms with van der Waals surface area (Å²) in [6.45, 7) is 2.47. The van der Waals surface area contributed by atoms with Crippen LogP contribution in [0.25, 0.3) is 0 Å². The van der Waals surface area contributed by atoms with Crippen molar-refractivity contribution in [3.63, 3.8) is 0 Å². The molecule has 2 atom stereocenters. The molecule has 0 aliphatic carbocycles. The van der Waals surface area contributed by atoms with Crippen molar-refractivity contribution < 1.29 is 19.0 Å². The van der Waals surface area contributed by atoms with Gasteiger partial charge in [-0.2, -0.15) is 0 Å². The average Bonchev–Trinajstić information content (AvgIpc) is 2.63. The molecule has 0 radical (unpaired) electrons. The van der Waals surface area contributed by atoms with Crippen LogP contribution in [0.5, 0.6) is 0 Å². The van der Waals surface area contributed by atoms with E-state index in [1.807, 2.05) is 60.7 Å². The van der Waals surface area contributed by atoms with Crippen LogP contribution in [0.1, 0.15) is 30.9 Å². The van der Waals surface area contributed by atoms with E-state index in [9.17, 15) is 10.00 Å². The SMILES string of the molecule is CCO[P+]1([O-])OCCCC1C(O)(c1ccccc1)c1ccccc1. The molecule has 2 unspecified atom stereocenters. The predicted molar refractivity (Wildman–Crippen MR) is 93.4 cm³/mol. The van der Waals surface area contributed by atoms with E-state index >= 15 is 0 Å². The maximum absolute atomic E-state index is 13.4. The molecule has 0 bridgehead atoms. The van der Waals surface area contributed by atoms with E-state index in [2.05, 4.69) is 0 Å². The van der Waals surface area contributed by atoms with Gasteiger partial charge in [-0.1, -0.05) is 60.7 Å². The molecule has 2 aromatic rings. The van der Waals surface area contributed by atoms with Gasteiger partial charge in [0.1, 0.15) is 0 Å². The monoisotopic (exact) mass is 346 g/mol. The third-order valence-electron chi connectivity index (χ3n) is 4.49. The van der Waals surface area contributed by atoms with Gasteiger partial charge in [-0.05, 0) is 30.9 Å². The van der Waals surface area contributed by atoms with Gasteiger partial charge in [0.25, 0.3) is 0 Å². The fourth-order valence-corrected chi connectivity index (χ4v) is 5.83. The van der Waals surface area contributed by atoms with Crippen LogP contribution in [0.15, 0.2) is 60.7 Å². The summed E-state index contributed by atoms with van der Waals surface area (Å²) in [6.07, 6.45) is 1.32. The topological polar surface area (TPSA) is 61.8 Å². The van der Waals surface area contributed by atoms with Gasteiger partial charge in [-0.15, -0.1) is 0 Å². The minimum Gasteiger partial charge on any atom is -0.631 e. The fourth-order valence-electron chi connectivity index (χ4n) is 3.40. The summed E-state index contributed by atoms with van der Waals surface area (Å²) in [6, 6.07) is 18.7. The van der Waals surface area contributed by atoms with E-state index in [1.165, 1.54) is 0 Å². The first-order valence-corrected chi connectivity index (χ1v) is 9.94. The predicted octanol–water partition coefficient (Wildman–Crippen LogP) is 3.26. The van der Waals surface area contributed by atoms with E-state index in [4.69, 9.17) is 9.05 Å². The molecule has 0 aromatic heterocycles. The van der Waals surface area contributed by atoms with Crippen LogP contribution >= 0.6 is 7.94 Å². The lowest BCUT2D eigenvalue weighted by Gasteiger charge is -2.45. The Labute approximate surface area is 143 Å². The van der Waals surface area contributed by atoms with Crippen molar-refractivity contribution in [3.8, 4) is 0 Å². The Morgan fingerprint density at radius 1 is 1.12 bits per heavy atom. The van der Waals surface area contributed by atoms with Crippen molar-refractivity contribution in [2.24, 2.45) is 0 Å². The highest BCUT2D eigenvalue weighted by molar-refractivity contribution is 7.60. The van der Waals surface area contributed by atoms with Crippen LogP contribution in [0.4, 0.5) is 0 Å². The molecule has 1 N–H and O–H groups in total. The number of hydrogen-bond acceptors (Lipinski definition) is 4. The first-order chi connectivity index (χ1) is 11.6. The first-order valence-electron chi connectivity index (χ1n) is 8.33. The maximum Gasteiger partial charge on any atom is 0.244 e. The fraction of sp³-hybridized carbons (Fsp3) is 0.368. The molecular formula is C19H23O4P. The zero-order valence-corrected chi connectivity index (χ0v) is 14.7. The standard InChI is InChI=1S/C19H23O4P/c1-2-22-24(21)18(14-9-15-23-24)19(20,16-10-5-3-6-11-16)17-12-7-4-8-13-17/h3-8,10-13,18,20H,2,9,14-15H2,1H3. The molecule has 2 aromatic carbocycles.